The molecule has 1 heterocycles. The molecule has 3 rings (SSSR count). The summed E-state index contributed by atoms with van der Waals surface area (Å²) >= 11 is 6.59. The van der Waals surface area contributed by atoms with Gasteiger partial charge in [0.2, 0.25) is 5.91 Å². The van der Waals surface area contributed by atoms with Gasteiger partial charge in [0.1, 0.15) is 0 Å². The first kappa shape index (κ1) is 13.9. The molecular formula is C16H20ClNO2. The van der Waals surface area contributed by atoms with Crippen LogP contribution < -0.4 is 5.32 Å². The minimum atomic E-state index is -0.0295. The van der Waals surface area contributed by atoms with Crippen molar-refractivity contribution >= 4 is 23.2 Å². The molecule has 1 amide bonds. The van der Waals surface area contributed by atoms with Crippen LogP contribution in [0.5, 0.6) is 0 Å². The molecule has 1 aromatic carbocycles. The van der Waals surface area contributed by atoms with Gasteiger partial charge in [0.15, 0.2) is 0 Å². The summed E-state index contributed by atoms with van der Waals surface area (Å²) in [6.07, 6.45) is 5.66. The SMILES string of the molecule is COC1(CC(Cl)c2ccc3c(c2)CCC(=O)N3)CCC1. The Morgan fingerprint density at radius 1 is 1.40 bits per heavy atom. The molecule has 1 N–H and O–H groups in total. The zero-order valence-electron chi connectivity index (χ0n) is 11.7. The van der Waals surface area contributed by atoms with Crippen molar-refractivity contribution in [3.05, 3.63) is 29.3 Å². The minimum absolute atomic E-state index is 0.0173. The largest absolute Gasteiger partial charge is 0.378 e. The molecule has 0 bridgehead atoms. The number of methoxy groups -OCH3 is 1. The molecule has 3 nitrogen and oxygen atoms in total. The van der Waals surface area contributed by atoms with Crippen LogP contribution in [0.3, 0.4) is 0 Å². The molecule has 0 aromatic heterocycles. The Bertz CT molecular complexity index is 520. The van der Waals surface area contributed by atoms with Gasteiger partial charge in [0.05, 0.1) is 11.0 Å². The Balaban J connectivity index is 1.75. The fraction of sp³-hybridized carbons (Fsp3) is 0.562. The van der Waals surface area contributed by atoms with E-state index in [9.17, 15) is 4.79 Å². The zero-order chi connectivity index (χ0) is 14.2. The number of benzene rings is 1. The number of halogens is 1. The third-order valence-electron chi connectivity index (χ3n) is 4.64. The number of carbonyl (C=O) groups is 1. The molecule has 2 aliphatic rings. The Kier molecular flexibility index (Phi) is 3.74. The average Bonchev–Trinajstić information content (AvgIpc) is 2.42. The number of hydrogen-bond acceptors (Lipinski definition) is 2. The van der Waals surface area contributed by atoms with Crippen LogP contribution in [-0.4, -0.2) is 18.6 Å². The van der Waals surface area contributed by atoms with Gasteiger partial charge in [-0.25, -0.2) is 0 Å². The monoisotopic (exact) mass is 293 g/mol. The molecule has 1 aromatic rings. The van der Waals surface area contributed by atoms with Gasteiger partial charge in [-0.2, -0.15) is 0 Å². The molecule has 1 unspecified atom stereocenters. The highest BCUT2D eigenvalue weighted by Crippen LogP contribution is 2.44. The highest BCUT2D eigenvalue weighted by Gasteiger charge is 2.39. The summed E-state index contributed by atoms with van der Waals surface area (Å²) in [5, 5.41) is 2.87. The highest BCUT2D eigenvalue weighted by atomic mass is 35.5. The first-order valence-electron chi connectivity index (χ1n) is 7.24. The molecule has 1 fully saturated rings. The molecule has 1 atom stereocenters. The van der Waals surface area contributed by atoms with Crippen molar-refractivity contribution in [2.45, 2.75) is 49.5 Å². The van der Waals surface area contributed by atoms with E-state index in [1.807, 2.05) is 12.1 Å². The number of hydrogen-bond donors (Lipinski definition) is 1. The van der Waals surface area contributed by atoms with Crippen LogP contribution in [0.15, 0.2) is 18.2 Å². The van der Waals surface area contributed by atoms with Crippen molar-refractivity contribution < 1.29 is 9.53 Å². The van der Waals surface area contributed by atoms with E-state index in [0.717, 1.165) is 36.9 Å². The van der Waals surface area contributed by atoms with Gasteiger partial charge in [-0.15, -0.1) is 11.6 Å². The van der Waals surface area contributed by atoms with E-state index in [1.54, 1.807) is 7.11 Å². The molecule has 108 valence electrons. The molecule has 0 saturated heterocycles. The maximum atomic E-state index is 11.4. The second-order valence-electron chi connectivity index (χ2n) is 5.88. The molecule has 1 saturated carbocycles. The number of nitrogens with one attached hydrogen (secondary N) is 1. The summed E-state index contributed by atoms with van der Waals surface area (Å²) in [4.78, 5) is 11.4. The maximum Gasteiger partial charge on any atom is 0.224 e. The highest BCUT2D eigenvalue weighted by molar-refractivity contribution is 6.20. The van der Waals surface area contributed by atoms with E-state index in [4.69, 9.17) is 16.3 Å². The van der Waals surface area contributed by atoms with Crippen LogP contribution in [0.1, 0.15) is 48.6 Å². The lowest BCUT2D eigenvalue weighted by Gasteiger charge is -2.42. The maximum absolute atomic E-state index is 11.4. The topological polar surface area (TPSA) is 38.3 Å². The zero-order valence-corrected chi connectivity index (χ0v) is 12.5. The Morgan fingerprint density at radius 3 is 2.85 bits per heavy atom. The summed E-state index contributed by atoms with van der Waals surface area (Å²) in [7, 11) is 1.78. The Morgan fingerprint density at radius 2 is 2.20 bits per heavy atom. The van der Waals surface area contributed by atoms with Gasteiger partial charge in [-0.3, -0.25) is 4.79 Å². The predicted octanol–water partition coefficient (Wildman–Crippen LogP) is 3.81. The number of amides is 1. The lowest BCUT2D eigenvalue weighted by atomic mass is 9.76. The molecule has 1 aliphatic heterocycles. The van der Waals surface area contributed by atoms with Crippen molar-refractivity contribution in [1.29, 1.82) is 0 Å². The second-order valence-corrected chi connectivity index (χ2v) is 6.40. The standard InChI is InChI=1S/C16H20ClNO2/c1-20-16(7-2-8-16)10-13(17)11-3-5-14-12(9-11)4-6-15(19)18-14/h3,5,9,13H,2,4,6-8,10H2,1H3,(H,18,19). The number of carbonyl (C=O) groups excluding carboxylic acids is 1. The van der Waals surface area contributed by atoms with Gasteiger partial charge in [0, 0.05) is 19.2 Å². The smallest absolute Gasteiger partial charge is 0.224 e. The number of alkyl halides is 1. The second kappa shape index (κ2) is 5.38. The summed E-state index contributed by atoms with van der Waals surface area (Å²) in [5.74, 6) is 0.0977. The average molecular weight is 294 g/mol. The number of rotatable bonds is 4. The number of aryl methyl sites for hydroxylation is 1. The number of fused-ring (bicyclic) bond motifs is 1. The quantitative estimate of drug-likeness (QED) is 0.857. The van der Waals surface area contributed by atoms with Crippen LogP contribution in [0.2, 0.25) is 0 Å². The van der Waals surface area contributed by atoms with Gasteiger partial charge in [0.25, 0.3) is 0 Å². The van der Waals surface area contributed by atoms with Gasteiger partial charge in [-0.05, 0) is 49.3 Å². The normalized spacial score (nSPS) is 21.6. The number of ether oxygens (including phenoxy) is 1. The lowest BCUT2D eigenvalue weighted by Crippen LogP contribution is -2.39. The van der Waals surface area contributed by atoms with Gasteiger partial charge in [-0.1, -0.05) is 12.1 Å². The lowest BCUT2D eigenvalue weighted by molar-refractivity contribution is -0.116. The third kappa shape index (κ3) is 2.57. The van der Waals surface area contributed by atoms with E-state index in [1.165, 1.54) is 12.0 Å². The first-order chi connectivity index (χ1) is 9.62. The van der Waals surface area contributed by atoms with E-state index >= 15 is 0 Å². The van der Waals surface area contributed by atoms with Crippen molar-refractivity contribution in [3.8, 4) is 0 Å². The van der Waals surface area contributed by atoms with Crippen LogP contribution in [-0.2, 0) is 16.0 Å². The summed E-state index contributed by atoms with van der Waals surface area (Å²) in [5.41, 5.74) is 3.23. The Labute approximate surface area is 124 Å². The fourth-order valence-corrected chi connectivity index (χ4v) is 3.52. The van der Waals surface area contributed by atoms with Gasteiger partial charge >= 0.3 is 0 Å². The molecule has 0 spiro atoms. The van der Waals surface area contributed by atoms with E-state index < -0.39 is 0 Å². The van der Waals surface area contributed by atoms with Crippen LogP contribution in [0.25, 0.3) is 0 Å². The first-order valence-corrected chi connectivity index (χ1v) is 7.67. The Hall–Kier alpha value is -1.06. The van der Waals surface area contributed by atoms with E-state index in [2.05, 4.69) is 11.4 Å². The summed E-state index contributed by atoms with van der Waals surface area (Å²) in [6, 6.07) is 6.12. The molecule has 1 aliphatic carbocycles. The molecular weight excluding hydrogens is 274 g/mol. The third-order valence-corrected chi connectivity index (χ3v) is 5.04. The van der Waals surface area contributed by atoms with E-state index in [0.29, 0.717) is 6.42 Å². The van der Waals surface area contributed by atoms with Crippen LogP contribution >= 0.6 is 11.6 Å². The molecule has 0 radical (unpaired) electrons. The minimum Gasteiger partial charge on any atom is -0.378 e. The van der Waals surface area contributed by atoms with Crippen LogP contribution in [0.4, 0.5) is 5.69 Å². The van der Waals surface area contributed by atoms with Crippen molar-refractivity contribution in [2.75, 3.05) is 12.4 Å². The fourth-order valence-electron chi connectivity index (χ4n) is 3.11. The van der Waals surface area contributed by atoms with Crippen molar-refractivity contribution in [2.24, 2.45) is 0 Å². The van der Waals surface area contributed by atoms with Crippen molar-refractivity contribution in [3.63, 3.8) is 0 Å². The van der Waals surface area contributed by atoms with Crippen molar-refractivity contribution in [1.82, 2.24) is 0 Å². The summed E-state index contributed by atoms with van der Waals surface area (Å²) < 4.78 is 5.65. The predicted molar refractivity (Wildman–Crippen MR) is 80.2 cm³/mol. The van der Waals surface area contributed by atoms with Gasteiger partial charge < -0.3 is 10.1 Å². The van der Waals surface area contributed by atoms with E-state index in [-0.39, 0.29) is 16.9 Å². The number of anilines is 1. The van der Waals surface area contributed by atoms with Crippen LogP contribution in [0, 0.1) is 0 Å². The molecule has 20 heavy (non-hydrogen) atoms. The molecule has 4 heteroatoms. The summed E-state index contributed by atoms with van der Waals surface area (Å²) in [6.45, 7) is 0.